The van der Waals surface area contributed by atoms with Crippen LogP contribution in [0.25, 0.3) is 6.08 Å². The predicted octanol–water partition coefficient (Wildman–Crippen LogP) is 5.20. The first-order valence-electron chi connectivity index (χ1n) is 7.72. The molecule has 112 valence electrons. The molecule has 3 rings (SSSR count). The second-order valence-corrected chi connectivity index (χ2v) is 5.44. The smallest absolute Gasteiger partial charge is 0.189 e. The Balaban J connectivity index is 1.96. The summed E-state index contributed by atoms with van der Waals surface area (Å²) in [6.07, 6.45) is 2.62. The summed E-state index contributed by atoms with van der Waals surface area (Å²) < 4.78 is 0. The Hall–Kier alpha value is -2.93. The van der Waals surface area contributed by atoms with E-state index in [2.05, 4.69) is 12.1 Å². The summed E-state index contributed by atoms with van der Waals surface area (Å²) in [5.41, 5.74) is 3.71. The molecular formula is C22H18O. The van der Waals surface area contributed by atoms with Crippen molar-refractivity contribution in [3.63, 3.8) is 0 Å². The summed E-state index contributed by atoms with van der Waals surface area (Å²) in [4.78, 5) is 12.9. The Bertz CT molecular complexity index is 787. The fourth-order valence-electron chi connectivity index (χ4n) is 2.54. The molecule has 0 aliphatic carbocycles. The van der Waals surface area contributed by atoms with Gasteiger partial charge in [0, 0.05) is 17.6 Å². The van der Waals surface area contributed by atoms with Crippen LogP contribution >= 0.6 is 0 Å². The number of hydrogen-bond donors (Lipinski definition) is 0. The summed E-state index contributed by atoms with van der Waals surface area (Å²) in [6, 6.07) is 29.5. The number of benzene rings is 3. The molecule has 3 aromatic rings. The van der Waals surface area contributed by atoms with Gasteiger partial charge in [-0.3, -0.25) is 4.79 Å². The third kappa shape index (κ3) is 4.04. The van der Waals surface area contributed by atoms with Crippen LogP contribution in [0.3, 0.4) is 0 Å². The zero-order chi connectivity index (χ0) is 15.9. The van der Waals surface area contributed by atoms with Gasteiger partial charge in [-0.25, -0.2) is 0 Å². The van der Waals surface area contributed by atoms with Crippen molar-refractivity contribution in [2.45, 2.75) is 6.42 Å². The number of rotatable bonds is 5. The molecular weight excluding hydrogens is 280 g/mol. The molecule has 0 N–H and O–H groups in total. The van der Waals surface area contributed by atoms with Crippen LogP contribution in [0, 0.1) is 0 Å². The third-order valence-electron chi connectivity index (χ3n) is 3.71. The van der Waals surface area contributed by atoms with Gasteiger partial charge in [0.2, 0.25) is 0 Å². The van der Waals surface area contributed by atoms with Gasteiger partial charge in [-0.2, -0.15) is 0 Å². The van der Waals surface area contributed by atoms with E-state index < -0.39 is 0 Å². The summed E-state index contributed by atoms with van der Waals surface area (Å²) in [5.74, 6) is 0.0818. The van der Waals surface area contributed by atoms with Crippen LogP contribution in [0.1, 0.15) is 21.5 Å². The highest BCUT2D eigenvalue weighted by atomic mass is 16.1. The van der Waals surface area contributed by atoms with E-state index in [1.165, 1.54) is 0 Å². The number of hydrogen-bond acceptors (Lipinski definition) is 1. The van der Waals surface area contributed by atoms with Gasteiger partial charge in [-0.1, -0.05) is 91.0 Å². The van der Waals surface area contributed by atoms with Gasteiger partial charge in [0.05, 0.1) is 0 Å². The van der Waals surface area contributed by atoms with Gasteiger partial charge in [0.1, 0.15) is 0 Å². The van der Waals surface area contributed by atoms with Gasteiger partial charge in [-0.15, -0.1) is 0 Å². The molecule has 0 atom stereocenters. The van der Waals surface area contributed by atoms with Gasteiger partial charge in [0.15, 0.2) is 5.78 Å². The molecule has 0 saturated carbocycles. The lowest BCUT2D eigenvalue weighted by molar-refractivity contribution is 0.103. The van der Waals surface area contributed by atoms with Gasteiger partial charge < -0.3 is 0 Å². The number of Topliss-reactive ketones (excluding diaryl/α,β-unsaturated/α-hetero) is 1. The SMILES string of the molecule is O=C(C(=Cc1ccccc1)Cc1ccccc1)c1ccccc1. The van der Waals surface area contributed by atoms with Crippen molar-refractivity contribution in [3.8, 4) is 0 Å². The topological polar surface area (TPSA) is 17.1 Å². The zero-order valence-corrected chi connectivity index (χ0v) is 12.9. The Morgan fingerprint density at radius 2 is 1.22 bits per heavy atom. The van der Waals surface area contributed by atoms with E-state index in [4.69, 9.17) is 0 Å². The van der Waals surface area contributed by atoms with Crippen molar-refractivity contribution in [1.29, 1.82) is 0 Å². The standard InChI is InChI=1S/C22H18O/c23-22(20-14-8-3-9-15-20)21(16-18-10-4-1-5-11-18)17-19-12-6-2-7-13-19/h1-16H,17H2. The van der Waals surface area contributed by atoms with E-state index in [1.54, 1.807) is 0 Å². The third-order valence-corrected chi connectivity index (χ3v) is 3.71. The molecule has 0 bridgehead atoms. The van der Waals surface area contributed by atoms with Crippen molar-refractivity contribution < 1.29 is 4.79 Å². The maximum atomic E-state index is 12.9. The average molecular weight is 298 g/mol. The molecule has 0 radical (unpaired) electrons. The molecule has 1 nitrogen and oxygen atoms in total. The minimum absolute atomic E-state index is 0.0818. The summed E-state index contributed by atoms with van der Waals surface area (Å²) in [6.45, 7) is 0. The quantitative estimate of drug-likeness (QED) is 0.467. The average Bonchev–Trinajstić information content (AvgIpc) is 2.63. The molecule has 0 fully saturated rings. The maximum Gasteiger partial charge on any atom is 0.189 e. The first kappa shape index (κ1) is 15.0. The van der Waals surface area contributed by atoms with Crippen LogP contribution < -0.4 is 0 Å². The zero-order valence-electron chi connectivity index (χ0n) is 12.9. The summed E-state index contributed by atoms with van der Waals surface area (Å²) in [7, 11) is 0. The van der Waals surface area contributed by atoms with Crippen LogP contribution in [0.15, 0.2) is 96.6 Å². The molecule has 0 amide bonds. The number of allylic oxidation sites excluding steroid dienone is 1. The molecule has 0 saturated heterocycles. The van der Waals surface area contributed by atoms with Crippen LogP contribution in [0.4, 0.5) is 0 Å². The van der Waals surface area contributed by atoms with E-state index in [0.717, 1.165) is 22.3 Å². The van der Waals surface area contributed by atoms with Crippen LogP contribution in [-0.4, -0.2) is 5.78 Å². The predicted molar refractivity (Wildman–Crippen MR) is 95.3 cm³/mol. The molecule has 23 heavy (non-hydrogen) atoms. The van der Waals surface area contributed by atoms with Gasteiger partial charge in [-0.05, 0) is 17.2 Å². The molecule has 0 heterocycles. The molecule has 0 unspecified atom stereocenters. The number of carbonyl (C=O) groups is 1. The number of ketones is 1. The highest BCUT2D eigenvalue weighted by Gasteiger charge is 2.12. The lowest BCUT2D eigenvalue weighted by Gasteiger charge is -2.08. The summed E-state index contributed by atoms with van der Waals surface area (Å²) >= 11 is 0. The van der Waals surface area contributed by atoms with Crippen molar-refractivity contribution in [3.05, 3.63) is 113 Å². The highest BCUT2D eigenvalue weighted by molar-refractivity contribution is 6.11. The highest BCUT2D eigenvalue weighted by Crippen LogP contribution is 2.17. The Morgan fingerprint density at radius 3 is 1.83 bits per heavy atom. The van der Waals surface area contributed by atoms with Crippen LogP contribution in [0.2, 0.25) is 0 Å². The van der Waals surface area contributed by atoms with Crippen molar-refractivity contribution in [2.75, 3.05) is 0 Å². The lowest BCUT2D eigenvalue weighted by atomic mass is 9.95. The van der Waals surface area contributed by atoms with Gasteiger partial charge >= 0.3 is 0 Å². The van der Waals surface area contributed by atoms with Crippen molar-refractivity contribution >= 4 is 11.9 Å². The fourth-order valence-corrected chi connectivity index (χ4v) is 2.54. The van der Waals surface area contributed by atoms with E-state index in [9.17, 15) is 4.79 Å². The van der Waals surface area contributed by atoms with E-state index in [1.807, 2.05) is 84.9 Å². The fraction of sp³-hybridized carbons (Fsp3) is 0.0455. The second kappa shape index (κ2) is 7.37. The monoisotopic (exact) mass is 298 g/mol. The second-order valence-electron chi connectivity index (χ2n) is 5.44. The van der Waals surface area contributed by atoms with E-state index in [0.29, 0.717) is 6.42 Å². The number of carbonyl (C=O) groups excluding carboxylic acids is 1. The van der Waals surface area contributed by atoms with Crippen LogP contribution in [0.5, 0.6) is 0 Å². The van der Waals surface area contributed by atoms with E-state index >= 15 is 0 Å². The lowest BCUT2D eigenvalue weighted by Crippen LogP contribution is -2.06. The van der Waals surface area contributed by atoms with Crippen LogP contribution in [-0.2, 0) is 6.42 Å². The van der Waals surface area contributed by atoms with Gasteiger partial charge in [0.25, 0.3) is 0 Å². The molecule has 3 aromatic carbocycles. The Kier molecular flexibility index (Phi) is 4.80. The van der Waals surface area contributed by atoms with Crippen molar-refractivity contribution in [2.24, 2.45) is 0 Å². The maximum absolute atomic E-state index is 12.9. The Morgan fingerprint density at radius 1 is 0.696 bits per heavy atom. The summed E-state index contributed by atoms with van der Waals surface area (Å²) in [5, 5.41) is 0. The molecule has 1 heteroatoms. The molecule has 0 spiro atoms. The first-order chi connectivity index (χ1) is 11.3. The molecule has 0 aromatic heterocycles. The molecule has 0 aliphatic heterocycles. The molecule has 0 aliphatic rings. The largest absolute Gasteiger partial charge is 0.289 e. The van der Waals surface area contributed by atoms with E-state index in [-0.39, 0.29) is 5.78 Å². The minimum Gasteiger partial charge on any atom is -0.289 e. The first-order valence-corrected chi connectivity index (χ1v) is 7.72. The Labute approximate surface area is 136 Å². The van der Waals surface area contributed by atoms with Crippen molar-refractivity contribution in [1.82, 2.24) is 0 Å². The normalized spacial score (nSPS) is 11.2. The minimum atomic E-state index is 0.0818.